The van der Waals surface area contributed by atoms with E-state index in [1.165, 1.54) is 23.7 Å². The molecule has 1 aliphatic heterocycles. The third-order valence-electron chi connectivity index (χ3n) is 3.23. The number of thiazole rings is 1. The first-order valence-corrected chi connectivity index (χ1v) is 7.60. The quantitative estimate of drug-likeness (QED) is 0.769. The zero-order chi connectivity index (χ0) is 12.8. The monoisotopic (exact) mass is 269 g/mol. The number of methoxy groups -OCH3 is 1. The Balaban J connectivity index is 1.83. The molecular formula is C13H23N3OS. The number of ether oxygens (including phenoxy) is 1. The maximum Gasteiger partial charge on any atom is 0.185 e. The molecule has 0 radical (unpaired) electrons. The van der Waals surface area contributed by atoms with E-state index in [4.69, 9.17) is 9.72 Å². The van der Waals surface area contributed by atoms with Gasteiger partial charge in [-0.1, -0.05) is 6.92 Å². The molecule has 0 bridgehead atoms. The molecule has 1 aromatic rings. The van der Waals surface area contributed by atoms with Gasteiger partial charge in [0.2, 0.25) is 0 Å². The topological polar surface area (TPSA) is 37.4 Å². The molecule has 0 saturated carbocycles. The minimum atomic E-state index is 0.667. The van der Waals surface area contributed by atoms with Crippen molar-refractivity contribution in [3.05, 3.63) is 11.1 Å². The van der Waals surface area contributed by atoms with Crippen molar-refractivity contribution in [2.24, 2.45) is 5.92 Å². The van der Waals surface area contributed by atoms with Gasteiger partial charge in [0, 0.05) is 38.0 Å². The lowest BCUT2D eigenvalue weighted by Gasteiger charge is -2.14. The summed E-state index contributed by atoms with van der Waals surface area (Å²) < 4.78 is 5.23. The van der Waals surface area contributed by atoms with Crippen LogP contribution in [0.2, 0.25) is 0 Å². The fourth-order valence-electron chi connectivity index (χ4n) is 2.29. The lowest BCUT2D eigenvalue weighted by molar-refractivity contribution is 0.161. The molecule has 2 rings (SSSR count). The van der Waals surface area contributed by atoms with Crippen LogP contribution in [-0.2, 0) is 11.3 Å². The fraction of sp³-hybridized carbons (Fsp3) is 0.769. The van der Waals surface area contributed by atoms with Crippen molar-refractivity contribution in [3.8, 4) is 0 Å². The normalized spacial score (nSPS) is 19.7. The summed E-state index contributed by atoms with van der Waals surface area (Å²) in [6.07, 6.45) is 2.39. The third kappa shape index (κ3) is 3.67. The number of hydrogen-bond acceptors (Lipinski definition) is 5. The predicted molar refractivity (Wildman–Crippen MR) is 76.3 cm³/mol. The summed E-state index contributed by atoms with van der Waals surface area (Å²) in [6.45, 7) is 7.20. The molecule has 0 aliphatic carbocycles. The van der Waals surface area contributed by atoms with E-state index in [2.05, 4.69) is 22.5 Å². The summed E-state index contributed by atoms with van der Waals surface area (Å²) in [6, 6.07) is 0. The van der Waals surface area contributed by atoms with Crippen LogP contribution < -0.4 is 10.2 Å². The van der Waals surface area contributed by atoms with Crippen molar-refractivity contribution in [3.63, 3.8) is 0 Å². The molecule has 1 saturated heterocycles. The maximum atomic E-state index is 5.23. The van der Waals surface area contributed by atoms with Crippen molar-refractivity contribution < 1.29 is 4.74 Å². The van der Waals surface area contributed by atoms with Crippen LogP contribution >= 0.6 is 11.3 Å². The van der Waals surface area contributed by atoms with Gasteiger partial charge in [-0.15, -0.1) is 11.3 Å². The van der Waals surface area contributed by atoms with E-state index in [1.807, 2.05) is 0 Å². The molecule has 0 aromatic carbocycles. The van der Waals surface area contributed by atoms with Crippen LogP contribution in [0.1, 0.15) is 25.5 Å². The van der Waals surface area contributed by atoms with E-state index in [-0.39, 0.29) is 0 Å². The Labute approximate surface area is 113 Å². The molecular weight excluding hydrogens is 246 g/mol. The van der Waals surface area contributed by atoms with Crippen LogP contribution in [0.25, 0.3) is 0 Å². The van der Waals surface area contributed by atoms with E-state index < -0.39 is 0 Å². The highest BCUT2D eigenvalue weighted by Crippen LogP contribution is 2.27. The lowest BCUT2D eigenvalue weighted by atomic mass is 10.1. The van der Waals surface area contributed by atoms with E-state index in [9.17, 15) is 0 Å². The standard InChI is InChI=1S/C13H23N3OS/c1-3-5-14-7-12-10-18-13(15-12)16-6-4-11(8-16)9-17-2/h10-11,14H,3-9H2,1-2H3. The first-order chi connectivity index (χ1) is 8.83. The van der Waals surface area contributed by atoms with Gasteiger partial charge < -0.3 is 15.0 Å². The van der Waals surface area contributed by atoms with Crippen LogP contribution in [0.5, 0.6) is 0 Å². The van der Waals surface area contributed by atoms with Gasteiger partial charge in [0.25, 0.3) is 0 Å². The molecule has 1 unspecified atom stereocenters. The molecule has 1 atom stereocenters. The largest absolute Gasteiger partial charge is 0.384 e. The molecule has 102 valence electrons. The van der Waals surface area contributed by atoms with Crippen LogP contribution in [0, 0.1) is 5.92 Å². The predicted octanol–water partition coefficient (Wildman–Crippen LogP) is 2.12. The summed E-state index contributed by atoms with van der Waals surface area (Å²) in [5.74, 6) is 0.667. The van der Waals surface area contributed by atoms with Gasteiger partial charge in [0.1, 0.15) is 0 Å². The highest BCUT2D eigenvalue weighted by atomic mass is 32.1. The number of aromatic nitrogens is 1. The average molecular weight is 269 g/mol. The Morgan fingerprint density at radius 1 is 1.61 bits per heavy atom. The zero-order valence-corrected chi connectivity index (χ0v) is 12.1. The number of anilines is 1. The maximum absolute atomic E-state index is 5.23. The fourth-order valence-corrected chi connectivity index (χ4v) is 3.16. The Hall–Kier alpha value is -0.650. The van der Waals surface area contributed by atoms with E-state index in [0.29, 0.717) is 5.92 Å². The molecule has 0 spiro atoms. The van der Waals surface area contributed by atoms with Gasteiger partial charge in [0.15, 0.2) is 5.13 Å². The number of nitrogens with zero attached hydrogens (tertiary/aromatic N) is 2. The minimum absolute atomic E-state index is 0.667. The highest BCUT2D eigenvalue weighted by Gasteiger charge is 2.24. The molecule has 1 aliphatic rings. The van der Waals surface area contributed by atoms with Crippen LogP contribution in [0.15, 0.2) is 5.38 Å². The lowest BCUT2D eigenvalue weighted by Crippen LogP contribution is -2.21. The number of hydrogen-bond donors (Lipinski definition) is 1. The summed E-state index contributed by atoms with van der Waals surface area (Å²) >= 11 is 1.76. The van der Waals surface area contributed by atoms with Gasteiger partial charge in [-0.25, -0.2) is 4.98 Å². The minimum Gasteiger partial charge on any atom is -0.384 e. The van der Waals surface area contributed by atoms with Crippen LogP contribution in [0.3, 0.4) is 0 Å². The number of rotatable bonds is 7. The van der Waals surface area contributed by atoms with Gasteiger partial charge >= 0.3 is 0 Å². The molecule has 1 aromatic heterocycles. The Bertz CT molecular complexity index is 356. The molecule has 5 heteroatoms. The first-order valence-electron chi connectivity index (χ1n) is 6.72. The van der Waals surface area contributed by atoms with Gasteiger partial charge in [-0.05, 0) is 19.4 Å². The summed E-state index contributed by atoms with van der Waals surface area (Å²) in [5, 5.41) is 6.73. The number of nitrogens with one attached hydrogen (secondary N) is 1. The summed E-state index contributed by atoms with van der Waals surface area (Å²) in [5.41, 5.74) is 1.17. The van der Waals surface area contributed by atoms with Gasteiger partial charge in [-0.3, -0.25) is 0 Å². The van der Waals surface area contributed by atoms with Crippen molar-refractivity contribution >= 4 is 16.5 Å². The Kier molecular flexibility index (Phi) is 5.41. The highest BCUT2D eigenvalue weighted by molar-refractivity contribution is 7.13. The van der Waals surface area contributed by atoms with Crippen molar-refractivity contribution in [1.82, 2.24) is 10.3 Å². The van der Waals surface area contributed by atoms with Gasteiger partial charge in [-0.2, -0.15) is 0 Å². The van der Waals surface area contributed by atoms with Crippen molar-refractivity contribution in [2.75, 3.05) is 38.3 Å². The smallest absolute Gasteiger partial charge is 0.185 e. The molecule has 1 fully saturated rings. The first kappa shape index (κ1) is 13.8. The second kappa shape index (κ2) is 7.07. The Morgan fingerprint density at radius 3 is 3.28 bits per heavy atom. The second-order valence-corrected chi connectivity index (χ2v) is 5.69. The zero-order valence-electron chi connectivity index (χ0n) is 11.3. The molecule has 4 nitrogen and oxygen atoms in total. The molecule has 1 N–H and O–H groups in total. The van der Waals surface area contributed by atoms with Gasteiger partial charge in [0.05, 0.1) is 12.3 Å². The third-order valence-corrected chi connectivity index (χ3v) is 4.18. The Morgan fingerprint density at radius 2 is 2.50 bits per heavy atom. The SMILES string of the molecule is CCCNCc1csc(N2CCC(COC)C2)n1. The van der Waals surface area contributed by atoms with E-state index in [0.717, 1.165) is 32.8 Å². The summed E-state index contributed by atoms with van der Waals surface area (Å²) in [7, 11) is 1.78. The summed E-state index contributed by atoms with van der Waals surface area (Å²) in [4.78, 5) is 7.09. The van der Waals surface area contributed by atoms with E-state index in [1.54, 1.807) is 18.4 Å². The molecule has 18 heavy (non-hydrogen) atoms. The van der Waals surface area contributed by atoms with E-state index >= 15 is 0 Å². The molecule has 2 heterocycles. The van der Waals surface area contributed by atoms with Crippen molar-refractivity contribution in [2.45, 2.75) is 26.3 Å². The van der Waals surface area contributed by atoms with Crippen molar-refractivity contribution in [1.29, 1.82) is 0 Å². The van der Waals surface area contributed by atoms with Crippen LogP contribution in [0.4, 0.5) is 5.13 Å². The second-order valence-electron chi connectivity index (χ2n) is 4.85. The average Bonchev–Trinajstić information content (AvgIpc) is 2.98. The van der Waals surface area contributed by atoms with Crippen LogP contribution in [-0.4, -0.2) is 38.3 Å². The molecule has 0 amide bonds.